The molecule has 26 heavy (non-hydrogen) atoms. The Balaban J connectivity index is 2.11. The standard InChI is InChI=1S/C19H23N3O3S/c1-12-10-13(2)21-19(20-12)26-11-15-8-6-7-9-16(15)18(24)25-14(3)17(23)22(4)5/h6-10,14H,11H2,1-5H3/t14-/m0/s1. The topological polar surface area (TPSA) is 72.4 Å². The number of aryl methyl sites for hydroxylation is 2. The molecule has 1 amide bonds. The highest BCUT2D eigenvalue weighted by Crippen LogP contribution is 2.23. The Bertz CT molecular complexity index is 788. The van der Waals surface area contributed by atoms with E-state index in [9.17, 15) is 9.59 Å². The van der Waals surface area contributed by atoms with E-state index in [0.717, 1.165) is 17.0 Å². The van der Waals surface area contributed by atoms with Crippen LogP contribution >= 0.6 is 11.8 Å². The van der Waals surface area contributed by atoms with Gasteiger partial charge in [-0.1, -0.05) is 30.0 Å². The summed E-state index contributed by atoms with van der Waals surface area (Å²) >= 11 is 1.46. The second-order valence-electron chi connectivity index (χ2n) is 6.16. The number of carbonyl (C=O) groups is 2. The van der Waals surface area contributed by atoms with Crippen LogP contribution < -0.4 is 0 Å². The predicted octanol–water partition coefficient (Wildman–Crippen LogP) is 3.02. The largest absolute Gasteiger partial charge is 0.449 e. The zero-order chi connectivity index (χ0) is 19.3. The molecule has 1 aromatic carbocycles. The molecule has 0 spiro atoms. The van der Waals surface area contributed by atoms with Gasteiger partial charge in [-0.25, -0.2) is 14.8 Å². The number of hydrogen-bond acceptors (Lipinski definition) is 6. The van der Waals surface area contributed by atoms with Crippen LogP contribution in [0.3, 0.4) is 0 Å². The molecule has 6 nitrogen and oxygen atoms in total. The minimum absolute atomic E-state index is 0.256. The molecule has 1 aromatic heterocycles. The van der Waals surface area contributed by atoms with E-state index >= 15 is 0 Å². The van der Waals surface area contributed by atoms with E-state index in [2.05, 4.69) is 9.97 Å². The Hall–Kier alpha value is -2.41. The van der Waals surface area contributed by atoms with Gasteiger partial charge < -0.3 is 9.64 Å². The molecule has 0 radical (unpaired) electrons. The van der Waals surface area contributed by atoms with Crippen LogP contribution in [-0.2, 0) is 15.3 Å². The first kappa shape index (κ1) is 19.9. The van der Waals surface area contributed by atoms with Crippen molar-refractivity contribution in [2.24, 2.45) is 0 Å². The van der Waals surface area contributed by atoms with Crippen molar-refractivity contribution < 1.29 is 14.3 Å². The fraction of sp³-hybridized carbons (Fsp3) is 0.368. The Morgan fingerprint density at radius 3 is 2.38 bits per heavy atom. The summed E-state index contributed by atoms with van der Waals surface area (Å²) < 4.78 is 5.32. The van der Waals surface area contributed by atoms with Gasteiger partial charge in [0.2, 0.25) is 0 Å². The lowest BCUT2D eigenvalue weighted by Crippen LogP contribution is -2.35. The summed E-state index contributed by atoms with van der Waals surface area (Å²) in [6, 6.07) is 9.12. The van der Waals surface area contributed by atoms with Gasteiger partial charge in [0.1, 0.15) is 0 Å². The monoisotopic (exact) mass is 373 g/mol. The number of thioether (sulfide) groups is 1. The van der Waals surface area contributed by atoms with Crippen LogP contribution in [0.5, 0.6) is 0 Å². The van der Waals surface area contributed by atoms with E-state index in [4.69, 9.17) is 4.74 Å². The highest BCUT2D eigenvalue weighted by atomic mass is 32.2. The van der Waals surface area contributed by atoms with Crippen molar-refractivity contribution in [1.82, 2.24) is 14.9 Å². The number of benzene rings is 1. The van der Waals surface area contributed by atoms with Crippen LogP contribution in [0, 0.1) is 13.8 Å². The Kier molecular flexibility index (Phi) is 6.74. The lowest BCUT2D eigenvalue weighted by Gasteiger charge is -2.18. The third kappa shape index (κ3) is 5.29. The van der Waals surface area contributed by atoms with Gasteiger partial charge in [0.05, 0.1) is 5.56 Å². The smallest absolute Gasteiger partial charge is 0.339 e. The average molecular weight is 373 g/mol. The van der Waals surface area contributed by atoms with Gasteiger partial charge in [-0.3, -0.25) is 4.79 Å². The molecule has 0 aliphatic heterocycles. The second-order valence-corrected chi connectivity index (χ2v) is 7.10. The van der Waals surface area contributed by atoms with Crippen LogP contribution in [0.2, 0.25) is 0 Å². The van der Waals surface area contributed by atoms with Crippen LogP contribution in [0.25, 0.3) is 0 Å². The molecule has 0 aliphatic carbocycles. The lowest BCUT2D eigenvalue weighted by molar-refractivity contribution is -0.137. The highest BCUT2D eigenvalue weighted by molar-refractivity contribution is 7.98. The van der Waals surface area contributed by atoms with E-state index in [-0.39, 0.29) is 5.91 Å². The molecule has 2 rings (SSSR count). The van der Waals surface area contributed by atoms with Crippen molar-refractivity contribution >= 4 is 23.6 Å². The minimum atomic E-state index is -0.832. The summed E-state index contributed by atoms with van der Waals surface area (Å²) in [5, 5.41) is 0.668. The summed E-state index contributed by atoms with van der Waals surface area (Å²) in [4.78, 5) is 34.6. The number of nitrogens with zero attached hydrogens (tertiary/aromatic N) is 3. The van der Waals surface area contributed by atoms with Gasteiger partial charge in [0.15, 0.2) is 11.3 Å². The summed E-state index contributed by atoms with van der Waals surface area (Å²) in [7, 11) is 3.25. The Labute approximate surface area is 158 Å². The van der Waals surface area contributed by atoms with E-state index in [1.165, 1.54) is 16.7 Å². The number of carbonyl (C=O) groups excluding carboxylic acids is 2. The molecule has 1 atom stereocenters. The maximum Gasteiger partial charge on any atom is 0.339 e. The number of esters is 1. The number of hydrogen-bond donors (Lipinski definition) is 0. The van der Waals surface area contributed by atoms with Gasteiger partial charge in [-0.15, -0.1) is 0 Å². The number of rotatable bonds is 6. The Morgan fingerprint density at radius 2 is 1.77 bits per heavy atom. The molecule has 0 N–H and O–H groups in total. The van der Waals surface area contributed by atoms with E-state index in [0.29, 0.717) is 16.5 Å². The molecule has 0 aliphatic rings. The first-order valence-corrected chi connectivity index (χ1v) is 9.21. The molecule has 0 saturated carbocycles. The fourth-order valence-electron chi connectivity index (χ4n) is 2.38. The van der Waals surface area contributed by atoms with Crippen molar-refractivity contribution in [3.63, 3.8) is 0 Å². The minimum Gasteiger partial charge on any atom is -0.449 e. The maximum absolute atomic E-state index is 12.5. The Morgan fingerprint density at radius 1 is 1.15 bits per heavy atom. The maximum atomic E-state index is 12.5. The molecule has 2 aromatic rings. The summed E-state index contributed by atoms with van der Waals surface area (Å²) in [5.41, 5.74) is 3.07. The average Bonchev–Trinajstić information content (AvgIpc) is 2.58. The van der Waals surface area contributed by atoms with Gasteiger partial charge in [0.25, 0.3) is 5.91 Å². The van der Waals surface area contributed by atoms with Crippen molar-refractivity contribution in [3.8, 4) is 0 Å². The normalized spacial score (nSPS) is 11.7. The lowest BCUT2D eigenvalue weighted by atomic mass is 10.1. The van der Waals surface area contributed by atoms with Crippen LogP contribution in [0.15, 0.2) is 35.5 Å². The summed E-state index contributed by atoms with van der Waals surface area (Å²) in [5.74, 6) is -0.233. The molecule has 1 heterocycles. The van der Waals surface area contributed by atoms with Crippen LogP contribution in [-0.4, -0.2) is 46.9 Å². The van der Waals surface area contributed by atoms with Crippen LogP contribution in [0.4, 0.5) is 0 Å². The van der Waals surface area contributed by atoms with E-state index in [1.807, 2.05) is 32.0 Å². The zero-order valence-electron chi connectivity index (χ0n) is 15.6. The van der Waals surface area contributed by atoms with E-state index < -0.39 is 12.1 Å². The summed E-state index contributed by atoms with van der Waals surface area (Å²) in [6.45, 7) is 5.42. The second kappa shape index (κ2) is 8.80. The molecular weight excluding hydrogens is 350 g/mol. The molecular formula is C19H23N3O3S. The van der Waals surface area contributed by atoms with Crippen molar-refractivity contribution in [2.75, 3.05) is 14.1 Å². The van der Waals surface area contributed by atoms with E-state index in [1.54, 1.807) is 33.2 Å². The highest BCUT2D eigenvalue weighted by Gasteiger charge is 2.21. The third-order valence-corrected chi connectivity index (χ3v) is 4.52. The molecule has 0 bridgehead atoms. The predicted molar refractivity (Wildman–Crippen MR) is 101 cm³/mol. The van der Waals surface area contributed by atoms with Crippen molar-refractivity contribution in [3.05, 3.63) is 52.8 Å². The SMILES string of the molecule is Cc1cc(C)nc(SCc2ccccc2C(=O)O[C@@H](C)C(=O)N(C)C)n1. The van der Waals surface area contributed by atoms with Crippen molar-refractivity contribution in [2.45, 2.75) is 37.8 Å². The van der Waals surface area contributed by atoms with Gasteiger partial charge in [0, 0.05) is 31.2 Å². The first-order chi connectivity index (χ1) is 12.3. The van der Waals surface area contributed by atoms with Gasteiger partial charge in [-0.2, -0.15) is 0 Å². The molecule has 138 valence electrons. The fourth-order valence-corrected chi connectivity index (χ4v) is 3.34. The number of amides is 1. The first-order valence-electron chi connectivity index (χ1n) is 8.23. The number of likely N-dealkylation sites (N-methyl/N-ethyl adjacent to an activating group) is 1. The van der Waals surface area contributed by atoms with Crippen molar-refractivity contribution in [1.29, 1.82) is 0 Å². The molecule has 7 heteroatoms. The molecule has 0 fully saturated rings. The van der Waals surface area contributed by atoms with Gasteiger partial charge >= 0.3 is 5.97 Å². The number of aromatic nitrogens is 2. The number of ether oxygens (including phenoxy) is 1. The van der Waals surface area contributed by atoms with Gasteiger partial charge in [-0.05, 0) is 38.5 Å². The van der Waals surface area contributed by atoms with Crippen LogP contribution in [0.1, 0.15) is 34.2 Å². The quantitative estimate of drug-likeness (QED) is 0.440. The third-order valence-electron chi connectivity index (χ3n) is 3.63. The molecule has 0 saturated heterocycles. The summed E-state index contributed by atoms with van der Waals surface area (Å²) in [6.07, 6.45) is -0.832. The zero-order valence-corrected chi connectivity index (χ0v) is 16.5. The molecule has 0 unspecified atom stereocenters.